The lowest BCUT2D eigenvalue weighted by Crippen LogP contribution is -2.63. The zero-order chi connectivity index (χ0) is 31.4. The summed E-state index contributed by atoms with van der Waals surface area (Å²) in [6.07, 6.45) is 3.92. The van der Waals surface area contributed by atoms with E-state index >= 15 is 0 Å². The lowest BCUT2D eigenvalue weighted by Gasteiger charge is -2.49. The average Bonchev–Trinajstić information content (AvgIpc) is 2.60. The van der Waals surface area contributed by atoms with Crippen molar-refractivity contribution in [2.24, 2.45) is 22.2 Å². The van der Waals surface area contributed by atoms with E-state index in [1.165, 1.54) is 58.5 Å². The first kappa shape index (κ1) is 40.9. The predicted octanol–water partition coefficient (Wildman–Crippen LogP) is 6.98. The van der Waals surface area contributed by atoms with Crippen molar-refractivity contribution in [2.45, 2.75) is 114 Å². The highest BCUT2D eigenvalue weighted by molar-refractivity contribution is 4.92. The van der Waals surface area contributed by atoms with Crippen LogP contribution >= 0.6 is 0 Å². The third-order valence-corrected chi connectivity index (χ3v) is 7.67. The van der Waals surface area contributed by atoms with E-state index in [4.69, 9.17) is 0 Å². The van der Waals surface area contributed by atoms with E-state index in [1.807, 2.05) is 0 Å². The molecular formula is C34H77N5. The molecule has 0 unspecified atom stereocenters. The van der Waals surface area contributed by atoms with Gasteiger partial charge in [-0.05, 0) is 125 Å². The second-order valence-electron chi connectivity index (χ2n) is 17.6. The van der Waals surface area contributed by atoms with Crippen LogP contribution < -0.4 is 0 Å². The van der Waals surface area contributed by atoms with Crippen molar-refractivity contribution in [3.63, 3.8) is 0 Å². The van der Waals surface area contributed by atoms with Gasteiger partial charge in [-0.3, -0.25) is 4.90 Å². The maximum atomic E-state index is 2.51. The van der Waals surface area contributed by atoms with Gasteiger partial charge in [-0.25, -0.2) is 0 Å². The van der Waals surface area contributed by atoms with Crippen LogP contribution in [0.1, 0.15) is 102 Å². The van der Waals surface area contributed by atoms with Crippen molar-refractivity contribution < 1.29 is 0 Å². The number of nitrogens with zero attached hydrogens (tertiary/aromatic N) is 5. The van der Waals surface area contributed by atoms with Crippen LogP contribution in [-0.4, -0.2) is 125 Å². The molecule has 0 atom stereocenters. The van der Waals surface area contributed by atoms with Crippen LogP contribution in [0.3, 0.4) is 0 Å². The number of likely N-dealkylation sites (tertiary alicyclic amines) is 2. The fourth-order valence-electron chi connectivity index (χ4n) is 4.06. The first-order valence-electron chi connectivity index (χ1n) is 15.6. The molecule has 0 aromatic carbocycles. The predicted molar refractivity (Wildman–Crippen MR) is 179 cm³/mol. The summed E-state index contributed by atoms with van der Waals surface area (Å²) in [6.45, 7) is 35.0. The Morgan fingerprint density at radius 2 is 1.00 bits per heavy atom. The Labute approximate surface area is 249 Å². The lowest BCUT2D eigenvalue weighted by molar-refractivity contribution is -0.00401. The number of hydrogen-bond acceptors (Lipinski definition) is 5. The van der Waals surface area contributed by atoms with Gasteiger partial charge < -0.3 is 19.6 Å². The Morgan fingerprint density at radius 1 is 0.590 bits per heavy atom. The highest BCUT2D eigenvalue weighted by atomic mass is 15.3. The first-order valence-corrected chi connectivity index (χ1v) is 15.6. The average molecular weight is 556 g/mol. The van der Waals surface area contributed by atoms with E-state index in [-0.39, 0.29) is 0 Å². The summed E-state index contributed by atoms with van der Waals surface area (Å²) in [7, 11) is 15.0. The third kappa shape index (κ3) is 24.1. The van der Waals surface area contributed by atoms with E-state index in [0.29, 0.717) is 21.8 Å². The molecule has 5 heteroatoms. The molecule has 0 aromatic heterocycles. The zero-order valence-electron chi connectivity index (χ0n) is 30.8. The Morgan fingerprint density at radius 3 is 1.21 bits per heavy atom. The topological polar surface area (TPSA) is 16.2 Å². The Kier molecular flexibility index (Phi) is 18.6. The summed E-state index contributed by atoms with van der Waals surface area (Å²) in [5.74, 6) is 0.933. The molecule has 2 aliphatic rings. The van der Waals surface area contributed by atoms with Gasteiger partial charge in [0.2, 0.25) is 0 Å². The molecule has 0 radical (unpaired) electrons. The molecule has 0 amide bonds. The van der Waals surface area contributed by atoms with Gasteiger partial charge in [-0.15, -0.1) is 0 Å². The SMILES string of the molecule is CN(C)C1CN(C(C)(C)C)C1.CN(C)CCC(C)(C)C.CN(C)CCCC(C)(C)C.CN1CC(C(C)(C)C)C1. The summed E-state index contributed by atoms with van der Waals surface area (Å²) in [4.78, 5) is 11.7. The molecular weight excluding hydrogens is 478 g/mol. The van der Waals surface area contributed by atoms with Gasteiger partial charge in [0.05, 0.1) is 0 Å². The normalized spacial score (nSPS) is 18.0. The summed E-state index contributed by atoms with van der Waals surface area (Å²) >= 11 is 0. The van der Waals surface area contributed by atoms with E-state index < -0.39 is 0 Å². The van der Waals surface area contributed by atoms with E-state index in [9.17, 15) is 0 Å². The van der Waals surface area contributed by atoms with Gasteiger partial charge >= 0.3 is 0 Å². The van der Waals surface area contributed by atoms with Crippen molar-refractivity contribution in [3.8, 4) is 0 Å². The fraction of sp³-hybridized carbons (Fsp3) is 1.00. The molecule has 238 valence electrons. The second-order valence-corrected chi connectivity index (χ2v) is 17.6. The monoisotopic (exact) mass is 556 g/mol. The molecule has 39 heavy (non-hydrogen) atoms. The molecule has 0 N–H and O–H groups in total. The van der Waals surface area contributed by atoms with Gasteiger partial charge in [0.15, 0.2) is 0 Å². The van der Waals surface area contributed by atoms with Crippen LogP contribution in [0.2, 0.25) is 0 Å². The summed E-state index contributed by atoms with van der Waals surface area (Å²) < 4.78 is 0. The van der Waals surface area contributed by atoms with Crippen molar-refractivity contribution in [3.05, 3.63) is 0 Å². The molecule has 2 saturated heterocycles. The van der Waals surface area contributed by atoms with Gasteiger partial charge in [-0.2, -0.15) is 0 Å². The molecule has 2 rings (SSSR count). The minimum Gasteiger partial charge on any atom is -0.309 e. The standard InChI is InChI=1S/C9H20N2.C9H21N.C8H17N.C8H19N/c1-9(2,3)11-6-8(7-11)10(4)5;1-9(2,3)7-6-8-10(4)5;1-8(2,3)7-5-9(4)6-7;1-8(2,3)6-7-9(4)5/h8H,6-7H2,1-5H3;6-8H2,1-5H3;7H,5-6H2,1-4H3;6-7H2,1-5H3. The van der Waals surface area contributed by atoms with Gasteiger partial charge in [0, 0.05) is 37.8 Å². The number of likely N-dealkylation sites (N-methyl/N-ethyl adjacent to an activating group) is 1. The van der Waals surface area contributed by atoms with Gasteiger partial charge in [0.1, 0.15) is 0 Å². The Hall–Kier alpha value is -0.200. The second kappa shape index (κ2) is 17.7. The van der Waals surface area contributed by atoms with Gasteiger partial charge in [0.25, 0.3) is 0 Å². The summed E-state index contributed by atoms with van der Waals surface area (Å²) in [5.41, 5.74) is 1.90. The van der Waals surface area contributed by atoms with Crippen LogP contribution in [0, 0.1) is 22.2 Å². The number of hydrogen-bond donors (Lipinski definition) is 0. The molecule has 0 bridgehead atoms. The van der Waals surface area contributed by atoms with Crippen molar-refractivity contribution in [2.75, 3.05) is 88.6 Å². The highest BCUT2D eigenvalue weighted by Crippen LogP contribution is 2.32. The summed E-state index contributed by atoms with van der Waals surface area (Å²) in [5, 5.41) is 0. The van der Waals surface area contributed by atoms with Crippen molar-refractivity contribution >= 4 is 0 Å². The van der Waals surface area contributed by atoms with Gasteiger partial charge in [-0.1, -0.05) is 62.3 Å². The quantitative estimate of drug-likeness (QED) is 0.350. The Balaban J connectivity index is 0. The van der Waals surface area contributed by atoms with Crippen molar-refractivity contribution in [1.82, 2.24) is 24.5 Å². The van der Waals surface area contributed by atoms with Crippen LogP contribution in [-0.2, 0) is 0 Å². The number of rotatable bonds is 6. The van der Waals surface area contributed by atoms with E-state index in [1.54, 1.807) is 0 Å². The minimum absolute atomic E-state index is 0.368. The first-order chi connectivity index (χ1) is 17.2. The van der Waals surface area contributed by atoms with Crippen molar-refractivity contribution in [1.29, 1.82) is 0 Å². The molecule has 2 heterocycles. The van der Waals surface area contributed by atoms with Crippen LogP contribution in [0.5, 0.6) is 0 Å². The fourth-order valence-corrected chi connectivity index (χ4v) is 4.06. The third-order valence-electron chi connectivity index (χ3n) is 7.67. The van der Waals surface area contributed by atoms with Crippen LogP contribution in [0.25, 0.3) is 0 Å². The van der Waals surface area contributed by atoms with Crippen LogP contribution in [0.15, 0.2) is 0 Å². The summed E-state index contributed by atoms with van der Waals surface area (Å²) in [6, 6.07) is 0.786. The highest BCUT2D eigenvalue weighted by Gasteiger charge is 2.35. The molecule has 2 aliphatic heterocycles. The molecule has 2 fully saturated rings. The van der Waals surface area contributed by atoms with Crippen LogP contribution in [0.4, 0.5) is 0 Å². The Bertz CT molecular complexity index is 583. The molecule has 0 aromatic rings. The largest absolute Gasteiger partial charge is 0.309 e. The smallest absolute Gasteiger partial charge is 0.0344 e. The molecule has 5 nitrogen and oxygen atoms in total. The zero-order valence-corrected chi connectivity index (χ0v) is 30.8. The maximum Gasteiger partial charge on any atom is 0.0344 e. The lowest BCUT2D eigenvalue weighted by atomic mass is 9.76. The minimum atomic E-state index is 0.368. The molecule has 0 saturated carbocycles. The molecule has 0 spiro atoms. The maximum absolute atomic E-state index is 2.51. The molecule has 0 aliphatic carbocycles. The van der Waals surface area contributed by atoms with E-state index in [0.717, 1.165) is 12.0 Å². The van der Waals surface area contributed by atoms with E-state index in [2.05, 4.69) is 157 Å².